The fourth-order valence-corrected chi connectivity index (χ4v) is 3.82. The number of halogens is 4. The van der Waals surface area contributed by atoms with Crippen LogP contribution >= 0.6 is 50.7 Å². The summed E-state index contributed by atoms with van der Waals surface area (Å²) in [6, 6.07) is 12.3. The lowest BCUT2D eigenvalue weighted by Crippen LogP contribution is -2.34. The third kappa shape index (κ3) is 3.50. The fraction of sp³-hybridized carbons (Fsp3) is 0.250. The van der Waals surface area contributed by atoms with Crippen molar-refractivity contribution in [2.45, 2.75) is 24.8 Å². The SMILES string of the molecule is Clc1cc(Cl)c(NC2CC(c3ccc(Br)cc3)C2)c(Cl)c1. The molecule has 1 nitrogen and oxygen atoms in total. The number of rotatable bonds is 3. The lowest BCUT2D eigenvalue weighted by Gasteiger charge is -2.37. The quantitative estimate of drug-likeness (QED) is 0.594. The van der Waals surface area contributed by atoms with Crippen molar-refractivity contribution < 1.29 is 0 Å². The molecule has 1 aliphatic carbocycles. The van der Waals surface area contributed by atoms with Gasteiger partial charge in [0.05, 0.1) is 15.7 Å². The van der Waals surface area contributed by atoms with Crippen molar-refractivity contribution in [3.05, 3.63) is 61.5 Å². The first kappa shape index (κ1) is 15.5. The largest absolute Gasteiger partial charge is 0.380 e. The van der Waals surface area contributed by atoms with Gasteiger partial charge in [-0.3, -0.25) is 0 Å². The molecule has 0 saturated heterocycles. The summed E-state index contributed by atoms with van der Waals surface area (Å²) in [6.45, 7) is 0. The Morgan fingerprint density at radius 3 is 2.10 bits per heavy atom. The predicted molar refractivity (Wildman–Crippen MR) is 95.0 cm³/mol. The van der Waals surface area contributed by atoms with Crippen LogP contribution in [-0.4, -0.2) is 6.04 Å². The number of anilines is 1. The second-order valence-corrected chi connectivity index (χ2v) is 7.47. The number of hydrogen-bond donors (Lipinski definition) is 1. The summed E-state index contributed by atoms with van der Waals surface area (Å²) in [4.78, 5) is 0. The zero-order valence-corrected chi connectivity index (χ0v) is 14.9. The first-order valence-corrected chi connectivity index (χ1v) is 8.62. The Kier molecular flexibility index (Phi) is 4.70. The van der Waals surface area contributed by atoms with Gasteiger partial charge in [0.25, 0.3) is 0 Å². The van der Waals surface area contributed by atoms with E-state index in [9.17, 15) is 0 Å². The second kappa shape index (κ2) is 6.37. The molecule has 2 aromatic carbocycles. The van der Waals surface area contributed by atoms with Crippen LogP contribution in [-0.2, 0) is 0 Å². The van der Waals surface area contributed by atoms with Crippen molar-refractivity contribution in [2.75, 3.05) is 5.32 Å². The van der Waals surface area contributed by atoms with Gasteiger partial charge < -0.3 is 5.32 Å². The van der Waals surface area contributed by atoms with Gasteiger partial charge in [0.15, 0.2) is 0 Å². The van der Waals surface area contributed by atoms with Gasteiger partial charge in [-0.2, -0.15) is 0 Å². The standard InChI is InChI=1S/C16H13BrCl3N/c17-11-3-1-9(2-4-11)10-5-13(6-10)21-16-14(19)7-12(18)8-15(16)20/h1-4,7-8,10,13,21H,5-6H2. The normalized spacial score (nSPS) is 21.0. The van der Waals surface area contributed by atoms with Crippen LogP contribution in [0.4, 0.5) is 5.69 Å². The molecule has 1 saturated carbocycles. The van der Waals surface area contributed by atoms with Gasteiger partial charge in [-0.15, -0.1) is 0 Å². The first-order chi connectivity index (χ1) is 10.0. The Labute approximate surface area is 147 Å². The first-order valence-electron chi connectivity index (χ1n) is 6.69. The highest BCUT2D eigenvalue weighted by atomic mass is 79.9. The molecule has 0 bridgehead atoms. The summed E-state index contributed by atoms with van der Waals surface area (Å²) < 4.78 is 1.11. The smallest absolute Gasteiger partial charge is 0.0722 e. The van der Waals surface area contributed by atoms with Gasteiger partial charge in [-0.05, 0) is 48.6 Å². The van der Waals surface area contributed by atoms with E-state index in [2.05, 4.69) is 45.5 Å². The number of benzene rings is 2. The van der Waals surface area contributed by atoms with E-state index in [4.69, 9.17) is 34.8 Å². The minimum absolute atomic E-state index is 0.398. The molecule has 0 spiro atoms. The van der Waals surface area contributed by atoms with Gasteiger partial charge in [0.2, 0.25) is 0 Å². The molecule has 0 unspecified atom stereocenters. The average Bonchev–Trinajstić information content (AvgIpc) is 2.37. The summed E-state index contributed by atoms with van der Waals surface area (Å²) in [5.41, 5.74) is 2.16. The third-order valence-electron chi connectivity index (χ3n) is 3.83. The van der Waals surface area contributed by atoms with Crippen LogP contribution in [0.25, 0.3) is 0 Å². The highest BCUT2D eigenvalue weighted by Crippen LogP contribution is 2.41. The van der Waals surface area contributed by atoms with Crippen LogP contribution in [0, 0.1) is 0 Å². The average molecular weight is 406 g/mol. The maximum absolute atomic E-state index is 6.19. The fourth-order valence-electron chi connectivity index (χ4n) is 2.63. The van der Waals surface area contributed by atoms with E-state index in [0.29, 0.717) is 27.0 Å². The molecule has 21 heavy (non-hydrogen) atoms. The molecule has 0 aromatic heterocycles. The van der Waals surface area contributed by atoms with Crippen LogP contribution in [0.2, 0.25) is 15.1 Å². The summed E-state index contributed by atoms with van der Waals surface area (Å²) in [7, 11) is 0. The molecule has 110 valence electrons. The molecular formula is C16H13BrCl3N. The van der Waals surface area contributed by atoms with Crippen molar-refractivity contribution in [2.24, 2.45) is 0 Å². The van der Waals surface area contributed by atoms with Gasteiger partial charge in [-0.1, -0.05) is 62.9 Å². The highest BCUT2D eigenvalue weighted by Gasteiger charge is 2.31. The van der Waals surface area contributed by atoms with Crippen LogP contribution in [0.3, 0.4) is 0 Å². The van der Waals surface area contributed by atoms with Gasteiger partial charge in [0, 0.05) is 15.5 Å². The predicted octanol–water partition coefficient (Wildman–Crippen LogP) is 6.77. The van der Waals surface area contributed by atoms with Crippen molar-refractivity contribution in [1.29, 1.82) is 0 Å². The molecule has 0 heterocycles. The maximum atomic E-state index is 6.19. The van der Waals surface area contributed by atoms with Gasteiger partial charge >= 0.3 is 0 Å². The Morgan fingerprint density at radius 2 is 1.52 bits per heavy atom. The van der Waals surface area contributed by atoms with E-state index in [0.717, 1.165) is 23.0 Å². The van der Waals surface area contributed by atoms with Crippen molar-refractivity contribution >= 4 is 56.4 Å². The van der Waals surface area contributed by atoms with Gasteiger partial charge in [0.1, 0.15) is 0 Å². The topological polar surface area (TPSA) is 12.0 Å². The van der Waals surface area contributed by atoms with E-state index in [-0.39, 0.29) is 0 Å². The molecule has 0 amide bonds. The van der Waals surface area contributed by atoms with Crippen molar-refractivity contribution in [3.8, 4) is 0 Å². The van der Waals surface area contributed by atoms with Crippen LogP contribution in [0.5, 0.6) is 0 Å². The van der Waals surface area contributed by atoms with Crippen LogP contribution < -0.4 is 5.32 Å². The summed E-state index contributed by atoms with van der Waals surface area (Å²) in [5, 5.41) is 5.11. The molecular weight excluding hydrogens is 392 g/mol. The Hall–Kier alpha value is -0.410. The molecule has 1 aliphatic rings. The number of nitrogens with one attached hydrogen (secondary N) is 1. The molecule has 1 fully saturated rings. The number of hydrogen-bond acceptors (Lipinski definition) is 1. The van der Waals surface area contributed by atoms with E-state index < -0.39 is 0 Å². The van der Waals surface area contributed by atoms with Crippen LogP contribution in [0.1, 0.15) is 24.3 Å². The van der Waals surface area contributed by atoms with E-state index in [1.807, 2.05) is 0 Å². The molecule has 3 rings (SSSR count). The second-order valence-electron chi connectivity index (χ2n) is 5.31. The molecule has 0 aliphatic heterocycles. The summed E-state index contributed by atoms with van der Waals surface area (Å²) in [6.07, 6.45) is 2.16. The molecule has 0 atom stereocenters. The van der Waals surface area contributed by atoms with Crippen molar-refractivity contribution in [1.82, 2.24) is 0 Å². The van der Waals surface area contributed by atoms with E-state index in [1.54, 1.807) is 12.1 Å². The highest BCUT2D eigenvalue weighted by molar-refractivity contribution is 9.10. The Bertz CT molecular complexity index is 628. The Balaban J connectivity index is 1.64. The molecule has 1 N–H and O–H groups in total. The third-order valence-corrected chi connectivity index (χ3v) is 5.18. The summed E-state index contributed by atoms with van der Waals surface area (Å²) in [5.74, 6) is 0.598. The lowest BCUT2D eigenvalue weighted by atomic mass is 9.76. The Morgan fingerprint density at radius 1 is 0.952 bits per heavy atom. The van der Waals surface area contributed by atoms with E-state index >= 15 is 0 Å². The molecule has 2 aromatic rings. The zero-order chi connectivity index (χ0) is 15.0. The molecule has 0 radical (unpaired) electrons. The lowest BCUT2D eigenvalue weighted by molar-refractivity contribution is 0.374. The zero-order valence-electron chi connectivity index (χ0n) is 11.0. The van der Waals surface area contributed by atoms with Gasteiger partial charge in [-0.25, -0.2) is 0 Å². The van der Waals surface area contributed by atoms with E-state index in [1.165, 1.54) is 5.56 Å². The minimum atomic E-state index is 0.398. The summed E-state index contributed by atoms with van der Waals surface area (Å²) >= 11 is 21.8. The molecule has 5 heteroatoms. The maximum Gasteiger partial charge on any atom is 0.0722 e. The monoisotopic (exact) mass is 403 g/mol. The van der Waals surface area contributed by atoms with Crippen LogP contribution in [0.15, 0.2) is 40.9 Å². The minimum Gasteiger partial charge on any atom is -0.380 e. The van der Waals surface area contributed by atoms with Crippen molar-refractivity contribution in [3.63, 3.8) is 0 Å².